The number of esters is 2. The Morgan fingerprint density at radius 1 is 0.788 bits per heavy atom. The van der Waals surface area contributed by atoms with Gasteiger partial charge in [-0.15, -0.1) is 6.58 Å². The number of hydrogen-bond donors (Lipinski definition) is 0. The molecule has 0 radical (unpaired) electrons. The van der Waals surface area contributed by atoms with Crippen molar-refractivity contribution in [2.75, 3.05) is 13.2 Å². The number of carbonyl (C=O) groups excluding carboxylic acids is 2. The fourth-order valence-electron chi connectivity index (χ4n) is 5.63. The molecule has 0 aliphatic heterocycles. The topological polar surface area (TPSA) is 114 Å². The highest BCUT2D eigenvalue weighted by molar-refractivity contribution is 5.92. The van der Waals surface area contributed by atoms with Gasteiger partial charge in [-0.3, -0.25) is 14.9 Å². The van der Waals surface area contributed by atoms with Crippen LogP contribution in [0, 0.1) is 16.0 Å². The van der Waals surface area contributed by atoms with E-state index in [4.69, 9.17) is 18.9 Å². The molecule has 3 aromatic carbocycles. The molecule has 0 N–H and O–H groups in total. The number of nitro benzene ring substituents is 1. The summed E-state index contributed by atoms with van der Waals surface area (Å²) in [6.07, 6.45) is 16.1. The Morgan fingerprint density at radius 2 is 1.38 bits per heavy atom. The van der Waals surface area contributed by atoms with Gasteiger partial charge in [-0.1, -0.05) is 102 Å². The average Bonchev–Trinajstić information content (AvgIpc) is 3.15. The molecule has 3 rings (SSSR count). The lowest BCUT2D eigenvalue weighted by Crippen LogP contribution is -2.14. The van der Waals surface area contributed by atoms with E-state index < -0.39 is 10.9 Å². The number of benzene rings is 3. The molecule has 9 heteroatoms. The van der Waals surface area contributed by atoms with E-state index in [0.29, 0.717) is 25.4 Å². The van der Waals surface area contributed by atoms with Crippen LogP contribution in [0.2, 0.25) is 0 Å². The summed E-state index contributed by atoms with van der Waals surface area (Å²) in [7, 11) is 0. The predicted molar refractivity (Wildman–Crippen MR) is 206 cm³/mol. The van der Waals surface area contributed by atoms with Crippen LogP contribution < -0.4 is 14.2 Å². The van der Waals surface area contributed by atoms with E-state index in [-0.39, 0.29) is 35.0 Å². The summed E-state index contributed by atoms with van der Waals surface area (Å²) in [5.74, 6) is 0.703. The minimum atomic E-state index is -0.683. The maximum atomic E-state index is 12.9. The lowest BCUT2D eigenvalue weighted by Gasteiger charge is -2.15. The van der Waals surface area contributed by atoms with Crippen LogP contribution in [0.1, 0.15) is 121 Å². The summed E-state index contributed by atoms with van der Waals surface area (Å²) in [6, 6.07) is 19.2. The standard InChI is InChI=1S/C43H57NO8/c1-5-7-8-15-18-34(4)51-41-29-24-37(31-40(41)44(47)48)43(46)52-39-27-22-36(23-28-39)35-20-25-38(26-21-35)49-30-17-14-12-10-9-11-13-16-19-42(45)50-32-33(3)6-2/h6,20-29,31,33-34H,2,5,7-19,30,32H2,1,3-4H3/t33?,34-/m1/s1. The Balaban J connectivity index is 1.34. The van der Waals surface area contributed by atoms with Crippen LogP contribution in [0.15, 0.2) is 79.4 Å². The number of ether oxygens (including phenoxy) is 4. The van der Waals surface area contributed by atoms with E-state index in [1.165, 1.54) is 37.5 Å². The molecule has 0 aliphatic carbocycles. The van der Waals surface area contributed by atoms with E-state index >= 15 is 0 Å². The zero-order chi connectivity index (χ0) is 37.6. The lowest BCUT2D eigenvalue weighted by atomic mass is 10.1. The van der Waals surface area contributed by atoms with E-state index in [1.54, 1.807) is 18.2 Å². The molecule has 0 amide bonds. The van der Waals surface area contributed by atoms with Gasteiger partial charge in [0.25, 0.3) is 0 Å². The number of unbranched alkanes of at least 4 members (excludes halogenated alkanes) is 10. The van der Waals surface area contributed by atoms with Crippen molar-refractivity contribution in [3.05, 3.63) is 95.1 Å². The molecule has 2 atom stereocenters. The number of nitro groups is 1. The highest BCUT2D eigenvalue weighted by atomic mass is 16.6. The molecule has 0 saturated heterocycles. The van der Waals surface area contributed by atoms with Gasteiger partial charge in [-0.05, 0) is 80.1 Å². The van der Waals surface area contributed by atoms with Gasteiger partial charge in [0, 0.05) is 18.4 Å². The van der Waals surface area contributed by atoms with Crippen LogP contribution in [0.25, 0.3) is 11.1 Å². The monoisotopic (exact) mass is 715 g/mol. The van der Waals surface area contributed by atoms with E-state index in [1.807, 2.05) is 50.2 Å². The summed E-state index contributed by atoms with van der Waals surface area (Å²) < 4.78 is 22.6. The molecule has 0 aromatic heterocycles. The molecule has 0 spiro atoms. The Labute approximate surface area is 309 Å². The van der Waals surface area contributed by atoms with Crippen LogP contribution in [0.4, 0.5) is 5.69 Å². The van der Waals surface area contributed by atoms with Crippen molar-refractivity contribution in [2.45, 2.75) is 117 Å². The Morgan fingerprint density at radius 3 is 2.00 bits per heavy atom. The minimum absolute atomic E-state index is 0.0759. The first-order chi connectivity index (χ1) is 25.2. The van der Waals surface area contributed by atoms with Crippen LogP contribution in [0.5, 0.6) is 17.2 Å². The second-order valence-electron chi connectivity index (χ2n) is 13.5. The van der Waals surface area contributed by atoms with Gasteiger partial charge in [0.15, 0.2) is 5.75 Å². The zero-order valence-electron chi connectivity index (χ0n) is 31.3. The smallest absolute Gasteiger partial charge is 0.343 e. The van der Waals surface area contributed by atoms with Gasteiger partial charge in [0.05, 0.1) is 29.8 Å². The highest BCUT2D eigenvalue weighted by Crippen LogP contribution is 2.31. The maximum Gasteiger partial charge on any atom is 0.343 e. The minimum Gasteiger partial charge on any atom is -0.494 e. The van der Waals surface area contributed by atoms with Crippen molar-refractivity contribution in [1.82, 2.24) is 0 Å². The van der Waals surface area contributed by atoms with Crippen molar-refractivity contribution in [3.8, 4) is 28.4 Å². The van der Waals surface area contributed by atoms with E-state index in [2.05, 4.69) is 13.5 Å². The molecule has 0 heterocycles. The van der Waals surface area contributed by atoms with Gasteiger partial charge >= 0.3 is 17.6 Å². The van der Waals surface area contributed by atoms with Crippen molar-refractivity contribution >= 4 is 17.6 Å². The van der Waals surface area contributed by atoms with Crippen molar-refractivity contribution in [3.63, 3.8) is 0 Å². The van der Waals surface area contributed by atoms with Gasteiger partial charge in [0.2, 0.25) is 0 Å². The second-order valence-corrected chi connectivity index (χ2v) is 13.5. The predicted octanol–water partition coefficient (Wildman–Crippen LogP) is 11.5. The molecule has 0 bridgehead atoms. The van der Waals surface area contributed by atoms with E-state index in [9.17, 15) is 19.7 Å². The van der Waals surface area contributed by atoms with Crippen LogP contribution in [0.3, 0.4) is 0 Å². The molecule has 282 valence electrons. The fraction of sp³-hybridized carbons (Fsp3) is 0.488. The number of carbonyl (C=O) groups is 2. The second kappa shape index (κ2) is 23.7. The van der Waals surface area contributed by atoms with Crippen LogP contribution in [-0.2, 0) is 9.53 Å². The molecular weight excluding hydrogens is 658 g/mol. The molecule has 0 saturated carbocycles. The summed E-state index contributed by atoms with van der Waals surface area (Å²) in [6.45, 7) is 10.8. The van der Waals surface area contributed by atoms with Crippen LogP contribution >= 0.6 is 0 Å². The summed E-state index contributed by atoms with van der Waals surface area (Å²) in [4.78, 5) is 35.8. The van der Waals surface area contributed by atoms with Crippen molar-refractivity contribution in [2.24, 2.45) is 5.92 Å². The fourth-order valence-corrected chi connectivity index (χ4v) is 5.63. The van der Waals surface area contributed by atoms with Gasteiger partial charge < -0.3 is 18.9 Å². The first-order valence-electron chi connectivity index (χ1n) is 19.0. The molecule has 0 fully saturated rings. The Hall–Kier alpha value is -4.66. The number of hydrogen-bond acceptors (Lipinski definition) is 8. The first kappa shape index (κ1) is 41.8. The number of rotatable bonds is 26. The largest absolute Gasteiger partial charge is 0.494 e. The molecule has 52 heavy (non-hydrogen) atoms. The van der Waals surface area contributed by atoms with Crippen molar-refractivity contribution < 1.29 is 33.5 Å². The molecule has 3 aromatic rings. The molecule has 9 nitrogen and oxygen atoms in total. The van der Waals surface area contributed by atoms with Gasteiger partial charge in [-0.2, -0.15) is 0 Å². The average molecular weight is 716 g/mol. The van der Waals surface area contributed by atoms with Crippen molar-refractivity contribution in [1.29, 1.82) is 0 Å². The van der Waals surface area contributed by atoms with E-state index in [0.717, 1.165) is 81.1 Å². The third-order valence-corrected chi connectivity index (χ3v) is 8.89. The first-order valence-corrected chi connectivity index (χ1v) is 19.0. The van der Waals surface area contributed by atoms with Gasteiger partial charge in [-0.25, -0.2) is 4.79 Å². The summed E-state index contributed by atoms with van der Waals surface area (Å²) in [5, 5.41) is 11.8. The molecule has 0 aliphatic rings. The quantitative estimate of drug-likeness (QED) is 0.0201. The Kier molecular flexibility index (Phi) is 19.1. The SMILES string of the molecule is C=CC(C)COC(=O)CCCCCCCCCCOc1ccc(-c2ccc(OC(=O)c3ccc(O[C@H](C)CCCCCC)c([N+](=O)[O-])c3)cc2)cc1. The summed E-state index contributed by atoms with van der Waals surface area (Å²) >= 11 is 0. The third-order valence-electron chi connectivity index (χ3n) is 8.89. The maximum absolute atomic E-state index is 12.9. The van der Waals surface area contributed by atoms with Gasteiger partial charge in [0.1, 0.15) is 11.5 Å². The number of nitrogens with zero attached hydrogens (tertiary/aromatic N) is 1. The lowest BCUT2D eigenvalue weighted by molar-refractivity contribution is -0.386. The zero-order valence-corrected chi connectivity index (χ0v) is 31.3. The Bertz CT molecular complexity index is 1520. The van der Waals surface area contributed by atoms with Crippen LogP contribution in [-0.4, -0.2) is 36.2 Å². The normalized spacial score (nSPS) is 12.1. The molecular formula is C43H57NO8. The third kappa shape index (κ3) is 15.7. The highest BCUT2D eigenvalue weighted by Gasteiger charge is 2.21. The summed E-state index contributed by atoms with van der Waals surface area (Å²) in [5.41, 5.74) is 1.76. The molecule has 1 unspecified atom stereocenters.